The maximum atomic E-state index is 12.7. The van der Waals surface area contributed by atoms with Crippen LogP contribution >= 0.6 is 0 Å². The Labute approximate surface area is 177 Å². The van der Waals surface area contributed by atoms with Gasteiger partial charge in [0.1, 0.15) is 11.3 Å². The van der Waals surface area contributed by atoms with Gasteiger partial charge in [-0.1, -0.05) is 37.8 Å². The third kappa shape index (κ3) is 3.77. The molecule has 3 fully saturated rings. The van der Waals surface area contributed by atoms with Crippen molar-refractivity contribution < 1.29 is 19.1 Å². The van der Waals surface area contributed by atoms with Crippen LogP contribution in [0.15, 0.2) is 24.3 Å². The highest BCUT2D eigenvalue weighted by molar-refractivity contribution is 6.07. The van der Waals surface area contributed by atoms with Crippen LogP contribution in [0.5, 0.6) is 5.75 Å². The third-order valence-electron chi connectivity index (χ3n) is 7.15. The van der Waals surface area contributed by atoms with Crippen LogP contribution in [0.3, 0.4) is 0 Å². The Bertz CT molecular complexity index is 808. The number of carbonyl (C=O) groups is 3. The van der Waals surface area contributed by atoms with Crippen molar-refractivity contribution >= 4 is 17.8 Å². The highest BCUT2D eigenvalue weighted by atomic mass is 16.5. The number of nitrogens with one attached hydrogen (secondary N) is 2. The van der Waals surface area contributed by atoms with Crippen LogP contribution in [0.25, 0.3) is 0 Å². The highest BCUT2D eigenvalue weighted by Crippen LogP contribution is 2.41. The summed E-state index contributed by atoms with van der Waals surface area (Å²) in [7, 11) is 1.65. The average molecular weight is 414 g/mol. The molecule has 162 valence electrons. The number of ether oxygens (including phenoxy) is 1. The van der Waals surface area contributed by atoms with Gasteiger partial charge in [-0.3, -0.25) is 14.5 Å². The number of benzene rings is 1. The van der Waals surface area contributed by atoms with E-state index in [0.717, 1.165) is 44.3 Å². The van der Waals surface area contributed by atoms with E-state index in [1.165, 1.54) is 10.5 Å². The zero-order valence-corrected chi connectivity index (χ0v) is 17.7. The zero-order valence-electron chi connectivity index (χ0n) is 17.7. The van der Waals surface area contributed by atoms with Gasteiger partial charge in [-0.2, -0.15) is 0 Å². The fourth-order valence-corrected chi connectivity index (χ4v) is 5.33. The maximum Gasteiger partial charge on any atom is 0.325 e. The highest BCUT2D eigenvalue weighted by Gasteiger charge is 2.52. The molecule has 0 atom stereocenters. The summed E-state index contributed by atoms with van der Waals surface area (Å²) in [6.07, 6.45) is 7.80. The zero-order chi connectivity index (χ0) is 21.2. The monoisotopic (exact) mass is 413 g/mol. The summed E-state index contributed by atoms with van der Waals surface area (Å²) in [5, 5.41) is 5.93. The molecule has 7 heteroatoms. The van der Waals surface area contributed by atoms with E-state index in [1.807, 2.05) is 12.1 Å². The van der Waals surface area contributed by atoms with Crippen molar-refractivity contribution in [3.63, 3.8) is 0 Å². The van der Waals surface area contributed by atoms with Crippen molar-refractivity contribution in [1.82, 2.24) is 15.5 Å². The number of hydrogen-bond acceptors (Lipinski definition) is 4. The number of hydrogen-bond donors (Lipinski definition) is 2. The second kappa shape index (κ2) is 8.28. The summed E-state index contributed by atoms with van der Waals surface area (Å²) in [4.78, 5) is 38.8. The molecular weight excluding hydrogens is 382 g/mol. The number of urea groups is 1. The van der Waals surface area contributed by atoms with Gasteiger partial charge in [-0.25, -0.2) is 4.79 Å². The lowest BCUT2D eigenvalue weighted by Crippen LogP contribution is -2.44. The lowest BCUT2D eigenvalue weighted by Gasteiger charge is -2.30. The average Bonchev–Trinajstić information content (AvgIpc) is 3.48. The van der Waals surface area contributed by atoms with Crippen LogP contribution in [0, 0.1) is 0 Å². The van der Waals surface area contributed by atoms with E-state index in [-0.39, 0.29) is 36.2 Å². The van der Waals surface area contributed by atoms with Crippen molar-refractivity contribution in [2.45, 2.75) is 68.7 Å². The fourth-order valence-electron chi connectivity index (χ4n) is 5.33. The minimum absolute atomic E-state index is 0.0589. The molecule has 0 aromatic heterocycles. The topological polar surface area (TPSA) is 87.7 Å². The first-order valence-corrected chi connectivity index (χ1v) is 11.0. The van der Waals surface area contributed by atoms with Crippen LogP contribution in [-0.2, 0) is 15.0 Å². The summed E-state index contributed by atoms with van der Waals surface area (Å²) in [5.74, 6) is 0.538. The number of amides is 4. The van der Waals surface area contributed by atoms with Crippen molar-refractivity contribution in [3.05, 3.63) is 29.8 Å². The van der Waals surface area contributed by atoms with Gasteiger partial charge < -0.3 is 15.4 Å². The molecule has 2 saturated carbocycles. The molecule has 0 bridgehead atoms. The number of imide groups is 1. The Morgan fingerprint density at radius 1 is 1.07 bits per heavy atom. The van der Waals surface area contributed by atoms with Gasteiger partial charge >= 0.3 is 6.03 Å². The second-order valence-corrected chi connectivity index (χ2v) is 8.92. The van der Waals surface area contributed by atoms with Crippen molar-refractivity contribution in [1.29, 1.82) is 0 Å². The molecule has 30 heavy (non-hydrogen) atoms. The van der Waals surface area contributed by atoms with E-state index in [2.05, 4.69) is 22.8 Å². The summed E-state index contributed by atoms with van der Waals surface area (Å²) < 4.78 is 5.26. The van der Waals surface area contributed by atoms with Crippen molar-refractivity contribution in [2.75, 3.05) is 20.2 Å². The normalized spacial score (nSPS) is 21.8. The Morgan fingerprint density at radius 3 is 2.33 bits per heavy atom. The quantitative estimate of drug-likeness (QED) is 0.673. The fraction of sp³-hybridized carbons (Fsp3) is 0.609. The molecule has 1 heterocycles. The minimum Gasteiger partial charge on any atom is -0.497 e. The van der Waals surface area contributed by atoms with E-state index >= 15 is 0 Å². The third-order valence-corrected chi connectivity index (χ3v) is 7.15. The lowest BCUT2D eigenvalue weighted by molar-refractivity contribution is -0.131. The first-order valence-electron chi connectivity index (χ1n) is 11.0. The molecule has 1 aromatic carbocycles. The van der Waals surface area contributed by atoms with Crippen LogP contribution in [0.1, 0.15) is 63.4 Å². The van der Waals surface area contributed by atoms with Crippen molar-refractivity contribution in [2.24, 2.45) is 0 Å². The van der Waals surface area contributed by atoms with Gasteiger partial charge in [0.2, 0.25) is 5.91 Å². The molecular formula is C23H31N3O4. The molecule has 4 rings (SSSR count). The van der Waals surface area contributed by atoms with Crippen LogP contribution in [0.4, 0.5) is 4.79 Å². The minimum atomic E-state index is -0.712. The summed E-state index contributed by atoms with van der Waals surface area (Å²) in [6, 6.07) is 7.75. The van der Waals surface area contributed by atoms with E-state index in [4.69, 9.17) is 4.74 Å². The SMILES string of the molecule is COc1ccc(C2(CNC(=O)CCN3C(=O)NC4(CCCC4)C3=O)CCCC2)cc1. The molecule has 2 N–H and O–H groups in total. The Balaban J connectivity index is 1.33. The molecule has 1 spiro atoms. The van der Waals surface area contributed by atoms with E-state index < -0.39 is 5.54 Å². The summed E-state index contributed by atoms with van der Waals surface area (Å²) in [5.41, 5.74) is 0.449. The van der Waals surface area contributed by atoms with Crippen LogP contribution in [0.2, 0.25) is 0 Å². The Hall–Kier alpha value is -2.57. The van der Waals surface area contributed by atoms with E-state index in [9.17, 15) is 14.4 Å². The first-order chi connectivity index (χ1) is 14.5. The molecule has 1 aliphatic heterocycles. The van der Waals surface area contributed by atoms with E-state index in [1.54, 1.807) is 7.11 Å². The second-order valence-electron chi connectivity index (χ2n) is 8.92. The largest absolute Gasteiger partial charge is 0.497 e. The van der Waals surface area contributed by atoms with Crippen molar-refractivity contribution in [3.8, 4) is 5.75 Å². The predicted octanol–water partition coefficient (Wildman–Crippen LogP) is 2.88. The molecule has 1 saturated heterocycles. The Morgan fingerprint density at radius 2 is 1.70 bits per heavy atom. The standard InChI is InChI=1S/C23H31N3O4/c1-30-18-8-6-17(7-9-18)22(11-2-3-12-22)16-24-19(27)10-15-26-20(28)23(25-21(26)29)13-4-5-14-23/h6-9H,2-5,10-16H2,1H3,(H,24,27)(H,25,29). The molecule has 7 nitrogen and oxygen atoms in total. The number of carbonyl (C=O) groups excluding carboxylic acids is 3. The van der Waals surface area contributed by atoms with Gasteiger partial charge in [0.15, 0.2) is 0 Å². The Kier molecular flexibility index (Phi) is 5.71. The molecule has 2 aliphatic carbocycles. The smallest absolute Gasteiger partial charge is 0.325 e. The van der Waals surface area contributed by atoms with Gasteiger partial charge in [0.05, 0.1) is 7.11 Å². The number of nitrogens with zero attached hydrogens (tertiary/aromatic N) is 1. The molecule has 3 aliphatic rings. The molecule has 0 radical (unpaired) electrons. The van der Waals surface area contributed by atoms with Crippen LogP contribution < -0.4 is 15.4 Å². The number of methoxy groups -OCH3 is 1. The van der Waals surface area contributed by atoms with Gasteiger partial charge in [-0.05, 0) is 43.4 Å². The van der Waals surface area contributed by atoms with Gasteiger partial charge in [0.25, 0.3) is 5.91 Å². The van der Waals surface area contributed by atoms with Crippen LogP contribution in [-0.4, -0.2) is 48.5 Å². The molecule has 0 unspecified atom stereocenters. The first kappa shape index (κ1) is 20.7. The van der Waals surface area contributed by atoms with Gasteiger partial charge in [-0.15, -0.1) is 0 Å². The molecule has 4 amide bonds. The maximum absolute atomic E-state index is 12.7. The lowest BCUT2D eigenvalue weighted by atomic mass is 9.78. The number of rotatable bonds is 7. The molecule has 1 aromatic rings. The summed E-state index contributed by atoms with van der Waals surface area (Å²) >= 11 is 0. The predicted molar refractivity (Wildman–Crippen MR) is 112 cm³/mol. The van der Waals surface area contributed by atoms with E-state index in [0.29, 0.717) is 19.4 Å². The summed E-state index contributed by atoms with van der Waals surface area (Å²) in [6.45, 7) is 0.704. The van der Waals surface area contributed by atoms with Gasteiger partial charge in [0, 0.05) is 24.9 Å².